The van der Waals surface area contributed by atoms with E-state index in [4.69, 9.17) is 9.47 Å². The van der Waals surface area contributed by atoms with Crippen LogP contribution in [0.15, 0.2) is 41.8 Å². The Morgan fingerprint density at radius 2 is 1.83 bits per heavy atom. The molecule has 0 saturated heterocycles. The molecule has 164 valence electrons. The fourth-order valence-electron chi connectivity index (χ4n) is 2.45. The maximum absolute atomic E-state index is 11.8. The van der Waals surface area contributed by atoms with Gasteiger partial charge in [-0.2, -0.15) is 0 Å². The molecular formula is C21H28N2O6S. The van der Waals surface area contributed by atoms with Gasteiger partial charge in [-0.1, -0.05) is 30.3 Å². The van der Waals surface area contributed by atoms with Crippen molar-refractivity contribution in [2.75, 3.05) is 11.9 Å². The molecule has 2 unspecified atom stereocenters. The standard InChI is InChI=1S/C21H28N2O6S/c1-21(2,3)29-20(27)23-17-11-15(13-30-17)18(25)16(24)9-10-22-19(26)28-12-14-7-5-4-6-8-14/h4-8,11,13,16,18,24-25H,9-10,12H2,1-3H3,(H,22,26)(H,23,27). The zero-order valence-electron chi connectivity index (χ0n) is 17.3. The summed E-state index contributed by atoms with van der Waals surface area (Å²) in [6.07, 6.45) is -3.31. The highest BCUT2D eigenvalue weighted by atomic mass is 32.1. The van der Waals surface area contributed by atoms with Gasteiger partial charge in [-0.05, 0) is 49.8 Å². The molecule has 1 aromatic carbocycles. The van der Waals surface area contributed by atoms with Crippen molar-refractivity contribution >= 4 is 28.5 Å². The van der Waals surface area contributed by atoms with Crippen LogP contribution >= 0.6 is 11.3 Å². The largest absolute Gasteiger partial charge is 0.445 e. The lowest BCUT2D eigenvalue weighted by atomic mass is 10.1. The van der Waals surface area contributed by atoms with E-state index in [-0.39, 0.29) is 19.6 Å². The summed E-state index contributed by atoms with van der Waals surface area (Å²) in [6, 6.07) is 10.9. The summed E-state index contributed by atoms with van der Waals surface area (Å²) in [5.74, 6) is 0. The predicted octanol–water partition coefficient (Wildman–Crippen LogP) is 3.81. The molecule has 0 aliphatic heterocycles. The van der Waals surface area contributed by atoms with Gasteiger partial charge in [-0.25, -0.2) is 9.59 Å². The van der Waals surface area contributed by atoms with E-state index in [0.29, 0.717) is 10.6 Å². The highest BCUT2D eigenvalue weighted by molar-refractivity contribution is 7.14. The number of carbonyl (C=O) groups is 2. The van der Waals surface area contributed by atoms with E-state index >= 15 is 0 Å². The molecular weight excluding hydrogens is 408 g/mol. The van der Waals surface area contributed by atoms with Gasteiger partial charge in [0.2, 0.25) is 0 Å². The van der Waals surface area contributed by atoms with E-state index in [0.717, 1.165) is 5.56 Å². The summed E-state index contributed by atoms with van der Waals surface area (Å²) in [5, 5.41) is 27.8. The molecule has 0 spiro atoms. The number of nitrogens with one attached hydrogen (secondary N) is 2. The molecule has 0 aliphatic rings. The SMILES string of the molecule is CC(C)(C)OC(=O)Nc1cc(C(O)C(O)CCNC(=O)OCc2ccccc2)cs1. The number of aliphatic hydroxyl groups excluding tert-OH is 2. The highest BCUT2D eigenvalue weighted by Crippen LogP contribution is 2.28. The van der Waals surface area contributed by atoms with Crippen LogP contribution in [-0.2, 0) is 16.1 Å². The molecule has 0 fully saturated rings. The van der Waals surface area contributed by atoms with Crippen molar-refractivity contribution in [1.29, 1.82) is 0 Å². The monoisotopic (exact) mass is 436 g/mol. The molecule has 9 heteroatoms. The zero-order chi connectivity index (χ0) is 22.1. The van der Waals surface area contributed by atoms with Gasteiger partial charge >= 0.3 is 12.2 Å². The Morgan fingerprint density at radius 3 is 2.50 bits per heavy atom. The minimum Gasteiger partial charge on any atom is -0.445 e. The second-order valence-electron chi connectivity index (χ2n) is 7.66. The third kappa shape index (κ3) is 8.40. The molecule has 4 N–H and O–H groups in total. The number of hydrogen-bond donors (Lipinski definition) is 4. The van der Waals surface area contributed by atoms with E-state index < -0.39 is 30.0 Å². The van der Waals surface area contributed by atoms with E-state index in [9.17, 15) is 19.8 Å². The molecule has 2 amide bonds. The predicted molar refractivity (Wildman–Crippen MR) is 114 cm³/mol. The summed E-state index contributed by atoms with van der Waals surface area (Å²) >= 11 is 1.21. The Balaban J connectivity index is 1.72. The van der Waals surface area contributed by atoms with Crippen LogP contribution in [-0.4, -0.2) is 40.6 Å². The van der Waals surface area contributed by atoms with Crippen LogP contribution < -0.4 is 10.6 Å². The summed E-state index contributed by atoms with van der Waals surface area (Å²) < 4.78 is 10.3. The second-order valence-corrected chi connectivity index (χ2v) is 8.57. The topological polar surface area (TPSA) is 117 Å². The number of anilines is 1. The smallest absolute Gasteiger partial charge is 0.412 e. The fourth-order valence-corrected chi connectivity index (χ4v) is 3.27. The molecule has 1 aromatic heterocycles. The Morgan fingerprint density at radius 1 is 1.13 bits per heavy atom. The number of ether oxygens (including phenoxy) is 2. The van der Waals surface area contributed by atoms with Gasteiger partial charge in [0, 0.05) is 6.54 Å². The first kappa shape index (κ1) is 23.7. The average molecular weight is 437 g/mol. The quantitative estimate of drug-likeness (QED) is 0.500. The number of hydrogen-bond acceptors (Lipinski definition) is 7. The first-order valence-electron chi connectivity index (χ1n) is 9.53. The maximum Gasteiger partial charge on any atom is 0.412 e. The maximum atomic E-state index is 11.8. The summed E-state index contributed by atoms with van der Waals surface area (Å²) in [5.41, 5.74) is 0.719. The van der Waals surface area contributed by atoms with Crippen molar-refractivity contribution in [2.45, 2.75) is 51.6 Å². The molecule has 0 saturated carbocycles. The van der Waals surface area contributed by atoms with Crippen molar-refractivity contribution in [3.63, 3.8) is 0 Å². The number of aliphatic hydroxyl groups is 2. The van der Waals surface area contributed by atoms with Gasteiger partial charge in [0.1, 0.15) is 18.3 Å². The van der Waals surface area contributed by atoms with E-state index in [1.54, 1.807) is 32.2 Å². The molecule has 0 aliphatic carbocycles. The highest BCUT2D eigenvalue weighted by Gasteiger charge is 2.21. The van der Waals surface area contributed by atoms with Crippen LogP contribution in [0.1, 0.15) is 44.4 Å². The summed E-state index contributed by atoms with van der Waals surface area (Å²) in [7, 11) is 0. The lowest BCUT2D eigenvalue weighted by molar-refractivity contribution is 0.0139. The Kier molecular flexibility index (Phi) is 8.64. The lowest BCUT2D eigenvalue weighted by Crippen LogP contribution is -2.29. The van der Waals surface area contributed by atoms with E-state index in [2.05, 4.69) is 10.6 Å². The Bertz CT molecular complexity index is 818. The summed E-state index contributed by atoms with van der Waals surface area (Å²) in [6.45, 7) is 5.58. The number of rotatable bonds is 8. The van der Waals surface area contributed by atoms with Crippen LogP contribution in [0.3, 0.4) is 0 Å². The molecule has 1 heterocycles. The van der Waals surface area contributed by atoms with E-state index in [1.807, 2.05) is 30.3 Å². The minimum atomic E-state index is -1.16. The number of carbonyl (C=O) groups excluding carboxylic acids is 2. The first-order chi connectivity index (χ1) is 14.1. The van der Waals surface area contributed by atoms with Crippen molar-refractivity contribution in [3.05, 3.63) is 52.9 Å². The summed E-state index contributed by atoms with van der Waals surface area (Å²) in [4.78, 5) is 23.5. The van der Waals surface area contributed by atoms with Crippen molar-refractivity contribution in [2.24, 2.45) is 0 Å². The van der Waals surface area contributed by atoms with Gasteiger partial charge in [-0.15, -0.1) is 11.3 Å². The molecule has 2 atom stereocenters. The van der Waals surface area contributed by atoms with Crippen molar-refractivity contribution in [1.82, 2.24) is 5.32 Å². The molecule has 30 heavy (non-hydrogen) atoms. The van der Waals surface area contributed by atoms with E-state index in [1.165, 1.54) is 11.3 Å². The van der Waals surface area contributed by atoms with Gasteiger partial charge < -0.3 is 25.0 Å². The van der Waals surface area contributed by atoms with Crippen LogP contribution in [0, 0.1) is 0 Å². The third-order valence-corrected chi connectivity index (χ3v) is 4.74. The van der Waals surface area contributed by atoms with Crippen LogP contribution in [0.4, 0.5) is 14.6 Å². The number of thiophene rings is 1. The minimum absolute atomic E-state index is 0.131. The third-order valence-electron chi connectivity index (χ3n) is 3.87. The van der Waals surface area contributed by atoms with Crippen LogP contribution in [0.25, 0.3) is 0 Å². The zero-order valence-corrected chi connectivity index (χ0v) is 18.1. The normalized spacial score (nSPS) is 13.2. The molecule has 2 aromatic rings. The number of benzene rings is 1. The van der Waals surface area contributed by atoms with Gasteiger partial charge in [0.25, 0.3) is 0 Å². The van der Waals surface area contributed by atoms with Crippen molar-refractivity contribution < 1.29 is 29.3 Å². The molecule has 0 radical (unpaired) electrons. The first-order valence-corrected chi connectivity index (χ1v) is 10.4. The van der Waals surface area contributed by atoms with Gasteiger partial charge in [0.05, 0.1) is 11.1 Å². The fraction of sp³-hybridized carbons (Fsp3) is 0.429. The van der Waals surface area contributed by atoms with Gasteiger partial charge in [0.15, 0.2) is 0 Å². The number of alkyl carbamates (subject to hydrolysis) is 1. The van der Waals surface area contributed by atoms with Crippen molar-refractivity contribution in [3.8, 4) is 0 Å². The van der Waals surface area contributed by atoms with Crippen LogP contribution in [0.2, 0.25) is 0 Å². The molecule has 8 nitrogen and oxygen atoms in total. The number of amides is 2. The Labute approximate surface area is 179 Å². The second kappa shape index (κ2) is 11.0. The Hall–Kier alpha value is -2.62. The van der Waals surface area contributed by atoms with Crippen LogP contribution in [0.5, 0.6) is 0 Å². The average Bonchev–Trinajstić information content (AvgIpc) is 3.13. The molecule has 0 bridgehead atoms. The lowest BCUT2D eigenvalue weighted by Gasteiger charge is -2.19. The molecule has 2 rings (SSSR count). The van der Waals surface area contributed by atoms with Gasteiger partial charge in [-0.3, -0.25) is 5.32 Å².